The highest BCUT2D eigenvalue weighted by Gasteiger charge is 2.38. The van der Waals surface area contributed by atoms with Crippen molar-refractivity contribution in [3.05, 3.63) is 47.5 Å². The first kappa shape index (κ1) is 17.1. The van der Waals surface area contributed by atoms with Crippen LogP contribution >= 0.6 is 0 Å². The Kier molecular flexibility index (Phi) is 4.52. The summed E-state index contributed by atoms with van der Waals surface area (Å²) in [6.45, 7) is 1.46. The van der Waals surface area contributed by atoms with Crippen molar-refractivity contribution in [1.29, 1.82) is 0 Å². The van der Waals surface area contributed by atoms with Crippen molar-refractivity contribution < 1.29 is 23.5 Å². The zero-order valence-corrected chi connectivity index (χ0v) is 13.5. The Labute approximate surface area is 142 Å². The summed E-state index contributed by atoms with van der Waals surface area (Å²) >= 11 is 0. The van der Waals surface area contributed by atoms with E-state index in [-0.39, 0.29) is 30.6 Å². The van der Waals surface area contributed by atoms with E-state index < -0.39 is 29.9 Å². The Morgan fingerprint density at radius 2 is 2.08 bits per heavy atom. The number of nitrogens with zero attached hydrogens (tertiary/aromatic N) is 3. The molecule has 1 aromatic heterocycles. The number of alkyl halides is 1. The number of carboxylic acid groups (broad SMARTS) is 1. The van der Waals surface area contributed by atoms with Gasteiger partial charge < -0.3 is 10.0 Å². The lowest BCUT2D eigenvalue weighted by atomic mass is 10.1. The number of aliphatic carboxylic acids is 1. The smallest absolute Gasteiger partial charge is 0.305 e. The minimum Gasteiger partial charge on any atom is -0.481 e. The molecule has 1 amide bonds. The highest BCUT2D eigenvalue weighted by Crippen LogP contribution is 2.26. The molecule has 0 spiro atoms. The summed E-state index contributed by atoms with van der Waals surface area (Å²) in [5.74, 6) is -2.07. The molecule has 0 bridgehead atoms. The van der Waals surface area contributed by atoms with Gasteiger partial charge in [0.25, 0.3) is 5.91 Å². The van der Waals surface area contributed by atoms with E-state index in [1.807, 2.05) is 0 Å². The number of carbonyl (C=O) groups excluding carboxylic acids is 1. The maximum atomic E-state index is 14.0. The Hall–Kier alpha value is -2.77. The predicted molar refractivity (Wildman–Crippen MR) is 84.8 cm³/mol. The van der Waals surface area contributed by atoms with Crippen molar-refractivity contribution in [3.63, 3.8) is 0 Å². The molecule has 132 valence electrons. The van der Waals surface area contributed by atoms with Crippen LogP contribution in [-0.4, -0.2) is 50.4 Å². The molecule has 1 aromatic carbocycles. The second kappa shape index (κ2) is 6.62. The van der Waals surface area contributed by atoms with E-state index in [0.717, 1.165) is 0 Å². The van der Waals surface area contributed by atoms with E-state index in [2.05, 4.69) is 5.10 Å². The molecule has 0 aliphatic carbocycles. The fourth-order valence-electron chi connectivity index (χ4n) is 3.14. The second-order valence-electron chi connectivity index (χ2n) is 6.05. The summed E-state index contributed by atoms with van der Waals surface area (Å²) in [5, 5.41) is 13.0. The number of carbonyl (C=O) groups is 2. The van der Waals surface area contributed by atoms with Gasteiger partial charge in [0.05, 0.1) is 30.4 Å². The van der Waals surface area contributed by atoms with Crippen LogP contribution in [0.3, 0.4) is 0 Å². The number of rotatable bonds is 4. The van der Waals surface area contributed by atoms with Crippen molar-refractivity contribution in [2.45, 2.75) is 32.0 Å². The van der Waals surface area contributed by atoms with Crippen molar-refractivity contribution >= 4 is 11.9 Å². The summed E-state index contributed by atoms with van der Waals surface area (Å²) in [7, 11) is 0. The van der Waals surface area contributed by atoms with Gasteiger partial charge in [0.2, 0.25) is 0 Å². The SMILES string of the molecule is Cc1c(C(=O)N2C[C@H](F)C[C@H]2CC(=O)O)cnn1-c1ccccc1F. The monoisotopic (exact) mass is 349 g/mol. The second-order valence-corrected chi connectivity index (χ2v) is 6.05. The largest absolute Gasteiger partial charge is 0.481 e. The van der Waals surface area contributed by atoms with Crippen LogP contribution in [0.25, 0.3) is 5.69 Å². The van der Waals surface area contributed by atoms with Crippen LogP contribution in [0.15, 0.2) is 30.5 Å². The van der Waals surface area contributed by atoms with Crippen LogP contribution in [0.5, 0.6) is 0 Å². The van der Waals surface area contributed by atoms with Gasteiger partial charge in [-0.05, 0) is 19.1 Å². The van der Waals surface area contributed by atoms with Crippen molar-refractivity contribution in [2.24, 2.45) is 0 Å². The molecular weight excluding hydrogens is 332 g/mol. The van der Waals surface area contributed by atoms with E-state index >= 15 is 0 Å². The van der Waals surface area contributed by atoms with E-state index in [0.29, 0.717) is 5.69 Å². The Balaban J connectivity index is 1.91. The molecule has 2 atom stereocenters. The van der Waals surface area contributed by atoms with Crippen LogP contribution in [-0.2, 0) is 4.79 Å². The standard InChI is InChI=1S/C17H17F2N3O3/c1-10-13(8-20-22(10)15-5-3-2-4-14(15)19)17(25)21-9-11(18)6-12(21)7-16(23)24/h2-5,8,11-12H,6-7,9H2,1H3,(H,23,24)/t11-,12+/m1/s1. The number of amides is 1. The first-order valence-corrected chi connectivity index (χ1v) is 7.85. The first-order valence-electron chi connectivity index (χ1n) is 7.85. The van der Waals surface area contributed by atoms with Crippen LogP contribution in [0.2, 0.25) is 0 Å². The number of likely N-dealkylation sites (tertiary alicyclic amines) is 1. The first-order chi connectivity index (χ1) is 11.9. The average molecular weight is 349 g/mol. The van der Waals surface area contributed by atoms with Crippen molar-refractivity contribution in [1.82, 2.24) is 14.7 Å². The topological polar surface area (TPSA) is 75.4 Å². The van der Waals surface area contributed by atoms with E-state index in [1.165, 1.54) is 27.9 Å². The van der Waals surface area contributed by atoms with Gasteiger partial charge in [-0.15, -0.1) is 0 Å². The number of para-hydroxylation sites is 1. The highest BCUT2D eigenvalue weighted by molar-refractivity contribution is 5.96. The van der Waals surface area contributed by atoms with E-state index in [4.69, 9.17) is 5.11 Å². The van der Waals surface area contributed by atoms with Crippen molar-refractivity contribution in [3.8, 4) is 5.69 Å². The molecule has 1 fully saturated rings. The minimum atomic E-state index is -1.25. The molecule has 2 heterocycles. The molecule has 0 saturated carbocycles. The minimum absolute atomic E-state index is 0.00145. The lowest BCUT2D eigenvalue weighted by Crippen LogP contribution is -2.37. The molecule has 0 radical (unpaired) electrons. The molecule has 3 rings (SSSR count). The predicted octanol–water partition coefficient (Wildman–Crippen LogP) is 2.35. The molecule has 0 unspecified atom stereocenters. The molecule has 8 heteroatoms. The third kappa shape index (κ3) is 3.24. The summed E-state index contributed by atoms with van der Waals surface area (Å²) in [4.78, 5) is 24.9. The summed E-state index contributed by atoms with van der Waals surface area (Å²) < 4.78 is 29.0. The summed E-state index contributed by atoms with van der Waals surface area (Å²) in [5.41, 5.74) is 0.810. The fraction of sp³-hybridized carbons (Fsp3) is 0.353. The highest BCUT2D eigenvalue weighted by atomic mass is 19.1. The molecule has 2 aromatic rings. The molecule has 6 nitrogen and oxygen atoms in total. The van der Waals surface area contributed by atoms with Gasteiger partial charge in [0.1, 0.15) is 17.7 Å². The summed E-state index contributed by atoms with van der Waals surface area (Å²) in [6.07, 6.45) is -0.270. The van der Waals surface area contributed by atoms with Gasteiger partial charge in [-0.25, -0.2) is 13.5 Å². The van der Waals surface area contributed by atoms with Crippen molar-refractivity contribution in [2.75, 3.05) is 6.54 Å². The van der Waals surface area contributed by atoms with Gasteiger partial charge in [-0.3, -0.25) is 9.59 Å². The third-order valence-electron chi connectivity index (χ3n) is 4.36. The zero-order valence-electron chi connectivity index (χ0n) is 13.5. The number of hydrogen-bond acceptors (Lipinski definition) is 3. The van der Waals surface area contributed by atoms with Crippen LogP contribution in [0.1, 0.15) is 28.9 Å². The van der Waals surface area contributed by atoms with Crippen LogP contribution < -0.4 is 0 Å². The van der Waals surface area contributed by atoms with Gasteiger partial charge in [-0.2, -0.15) is 5.10 Å². The molecule has 1 saturated heterocycles. The summed E-state index contributed by atoms with van der Waals surface area (Å²) in [6, 6.07) is 5.32. The van der Waals surface area contributed by atoms with E-state index in [9.17, 15) is 18.4 Å². The Morgan fingerprint density at radius 3 is 2.76 bits per heavy atom. The Bertz CT molecular complexity index is 821. The molecule has 1 N–H and O–H groups in total. The molecule has 1 aliphatic heterocycles. The van der Waals surface area contributed by atoms with Gasteiger partial charge in [-0.1, -0.05) is 12.1 Å². The lowest BCUT2D eigenvalue weighted by Gasteiger charge is -2.22. The van der Waals surface area contributed by atoms with Gasteiger partial charge in [0, 0.05) is 12.5 Å². The molecular formula is C17H17F2N3O3. The number of halogens is 2. The Morgan fingerprint density at radius 1 is 1.36 bits per heavy atom. The number of carboxylic acids is 1. The molecule has 1 aliphatic rings. The van der Waals surface area contributed by atoms with Crippen LogP contribution in [0, 0.1) is 12.7 Å². The lowest BCUT2D eigenvalue weighted by molar-refractivity contribution is -0.137. The normalized spacial score (nSPS) is 20.0. The average Bonchev–Trinajstić information content (AvgIpc) is 3.10. The fourth-order valence-corrected chi connectivity index (χ4v) is 3.14. The zero-order chi connectivity index (χ0) is 18.1. The number of aromatic nitrogens is 2. The third-order valence-corrected chi connectivity index (χ3v) is 4.36. The van der Waals surface area contributed by atoms with Crippen LogP contribution in [0.4, 0.5) is 8.78 Å². The van der Waals surface area contributed by atoms with E-state index in [1.54, 1.807) is 19.1 Å². The molecule has 25 heavy (non-hydrogen) atoms. The maximum Gasteiger partial charge on any atom is 0.305 e. The maximum absolute atomic E-state index is 14.0. The van der Waals surface area contributed by atoms with Gasteiger partial charge in [0.15, 0.2) is 0 Å². The number of benzene rings is 1. The quantitative estimate of drug-likeness (QED) is 0.919. The van der Waals surface area contributed by atoms with Gasteiger partial charge >= 0.3 is 5.97 Å². The number of hydrogen-bond donors (Lipinski definition) is 1.